The number of hydrogen-bond acceptors (Lipinski definition) is 5. The SMILES string of the molecule is Cc1ccc(S(=O)(=O)NCCN=C(N)N2CCN(c3ccc(Cl)cc3)CC2)s1.I. The minimum Gasteiger partial charge on any atom is -0.370 e. The van der Waals surface area contributed by atoms with Crippen molar-refractivity contribution in [2.45, 2.75) is 11.1 Å². The molecule has 29 heavy (non-hydrogen) atoms. The van der Waals surface area contributed by atoms with E-state index in [9.17, 15) is 8.42 Å². The van der Waals surface area contributed by atoms with Crippen LogP contribution in [0, 0.1) is 6.92 Å². The van der Waals surface area contributed by atoms with Gasteiger partial charge in [-0.2, -0.15) is 0 Å². The second kappa shape index (κ2) is 10.8. The summed E-state index contributed by atoms with van der Waals surface area (Å²) in [5, 5.41) is 0.726. The van der Waals surface area contributed by atoms with Gasteiger partial charge in [0.2, 0.25) is 10.0 Å². The van der Waals surface area contributed by atoms with Crippen LogP contribution in [0.25, 0.3) is 0 Å². The molecule has 0 bridgehead atoms. The van der Waals surface area contributed by atoms with Crippen molar-refractivity contribution in [3.8, 4) is 0 Å². The van der Waals surface area contributed by atoms with Gasteiger partial charge < -0.3 is 15.5 Å². The van der Waals surface area contributed by atoms with Gasteiger partial charge >= 0.3 is 0 Å². The molecule has 1 aromatic carbocycles. The lowest BCUT2D eigenvalue weighted by Crippen LogP contribution is -2.51. The third-order valence-electron chi connectivity index (χ3n) is 4.45. The first-order chi connectivity index (χ1) is 13.3. The highest BCUT2D eigenvalue weighted by molar-refractivity contribution is 14.0. The molecule has 0 saturated carbocycles. The average Bonchev–Trinajstić information content (AvgIpc) is 3.13. The maximum Gasteiger partial charge on any atom is 0.250 e. The van der Waals surface area contributed by atoms with Crippen LogP contribution in [-0.4, -0.2) is 58.5 Å². The summed E-state index contributed by atoms with van der Waals surface area (Å²) in [6.45, 7) is 5.58. The van der Waals surface area contributed by atoms with Crippen LogP contribution in [-0.2, 0) is 10.0 Å². The summed E-state index contributed by atoms with van der Waals surface area (Å²) in [6, 6.07) is 11.2. The Balaban J connectivity index is 0.00000300. The van der Waals surface area contributed by atoms with Gasteiger partial charge in [-0.1, -0.05) is 11.6 Å². The maximum absolute atomic E-state index is 12.2. The summed E-state index contributed by atoms with van der Waals surface area (Å²) < 4.78 is 27.2. The Kier molecular flexibility index (Phi) is 9.01. The molecule has 3 N–H and O–H groups in total. The second-order valence-electron chi connectivity index (χ2n) is 6.45. The molecule has 160 valence electrons. The quantitative estimate of drug-likeness (QED) is 0.242. The van der Waals surface area contributed by atoms with Crippen LogP contribution < -0.4 is 15.4 Å². The van der Waals surface area contributed by atoms with Crippen LogP contribution in [0.15, 0.2) is 45.6 Å². The molecule has 0 spiro atoms. The molecule has 0 radical (unpaired) electrons. The molecule has 2 heterocycles. The van der Waals surface area contributed by atoms with Gasteiger partial charge in [0, 0.05) is 48.3 Å². The third kappa shape index (κ3) is 6.71. The standard InChI is InChI=1S/C18H24ClN5O2S2.HI/c1-14-2-7-17(27-14)28(25,26)22-9-8-21-18(20)24-12-10-23(11-13-24)16-5-3-15(19)4-6-16;/h2-7,22H,8-13H2,1H3,(H2,20,21);1H. The number of guanidine groups is 1. The minimum atomic E-state index is -3.47. The zero-order valence-corrected chi connectivity index (χ0v) is 20.8. The zero-order valence-electron chi connectivity index (χ0n) is 16.0. The first kappa shape index (κ1) is 24.2. The minimum absolute atomic E-state index is 0. The van der Waals surface area contributed by atoms with E-state index in [0.29, 0.717) is 16.7 Å². The van der Waals surface area contributed by atoms with Crippen molar-refractivity contribution in [1.82, 2.24) is 9.62 Å². The molecule has 1 aliphatic rings. The molecule has 0 aliphatic carbocycles. The highest BCUT2D eigenvalue weighted by atomic mass is 127. The van der Waals surface area contributed by atoms with Gasteiger partial charge in [-0.25, -0.2) is 13.1 Å². The van der Waals surface area contributed by atoms with E-state index in [1.54, 1.807) is 12.1 Å². The van der Waals surface area contributed by atoms with Crippen molar-refractivity contribution in [3.63, 3.8) is 0 Å². The normalized spacial score (nSPS) is 15.3. The molecule has 3 rings (SSSR count). The molecular weight excluding hydrogens is 545 g/mol. The average molecular weight is 570 g/mol. The molecule has 0 amide bonds. The molecule has 1 saturated heterocycles. The fourth-order valence-corrected chi connectivity index (χ4v) is 5.40. The number of nitrogens with zero attached hydrogens (tertiary/aromatic N) is 3. The number of hydrogen-bond donors (Lipinski definition) is 2. The summed E-state index contributed by atoms with van der Waals surface area (Å²) in [5.41, 5.74) is 7.22. The predicted molar refractivity (Wildman–Crippen MR) is 131 cm³/mol. The van der Waals surface area contributed by atoms with Crippen LogP contribution in [0.1, 0.15) is 4.88 Å². The van der Waals surface area contributed by atoms with E-state index in [1.807, 2.05) is 36.1 Å². The largest absolute Gasteiger partial charge is 0.370 e. The van der Waals surface area contributed by atoms with Crippen LogP contribution >= 0.6 is 46.9 Å². The number of aryl methyl sites for hydroxylation is 1. The smallest absolute Gasteiger partial charge is 0.250 e. The number of halogens is 2. The van der Waals surface area contributed by atoms with E-state index in [4.69, 9.17) is 17.3 Å². The number of benzene rings is 1. The number of anilines is 1. The molecule has 2 aromatic rings. The summed E-state index contributed by atoms with van der Waals surface area (Å²) in [4.78, 5) is 9.57. The molecule has 1 aliphatic heterocycles. The van der Waals surface area contributed by atoms with Gasteiger partial charge in [0.05, 0.1) is 6.54 Å². The van der Waals surface area contributed by atoms with Gasteiger partial charge in [0.15, 0.2) is 5.96 Å². The van der Waals surface area contributed by atoms with Gasteiger partial charge in [0.1, 0.15) is 4.21 Å². The Hall–Kier alpha value is -1.08. The number of aliphatic imine (C=N–C) groups is 1. The number of rotatable bonds is 6. The fourth-order valence-electron chi connectivity index (χ4n) is 2.92. The van der Waals surface area contributed by atoms with Crippen LogP contribution in [0.2, 0.25) is 5.02 Å². The topological polar surface area (TPSA) is 91.0 Å². The van der Waals surface area contributed by atoms with Crippen molar-refractivity contribution < 1.29 is 8.42 Å². The van der Waals surface area contributed by atoms with Crippen LogP contribution in [0.5, 0.6) is 0 Å². The number of nitrogens with one attached hydrogen (secondary N) is 1. The van der Waals surface area contributed by atoms with Crippen LogP contribution in [0.4, 0.5) is 5.69 Å². The van der Waals surface area contributed by atoms with Crippen molar-refractivity contribution >= 4 is 68.6 Å². The van der Waals surface area contributed by atoms with Crippen molar-refractivity contribution in [2.75, 3.05) is 44.2 Å². The molecule has 1 fully saturated rings. The van der Waals surface area contributed by atoms with E-state index < -0.39 is 10.0 Å². The number of piperazine rings is 1. The first-order valence-electron chi connectivity index (χ1n) is 8.97. The second-order valence-corrected chi connectivity index (χ2v) is 10.2. The van der Waals surface area contributed by atoms with Gasteiger partial charge in [-0.05, 0) is 43.3 Å². The summed E-state index contributed by atoms with van der Waals surface area (Å²) in [7, 11) is -3.47. The highest BCUT2D eigenvalue weighted by Gasteiger charge is 2.19. The maximum atomic E-state index is 12.2. The zero-order chi connectivity index (χ0) is 20.1. The predicted octanol–water partition coefficient (Wildman–Crippen LogP) is 2.74. The monoisotopic (exact) mass is 569 g/mol. The van der Waals surface area contributed by atoms with Crippen molar-refractivity contribution in [3.05, 3.63) is 46.3 Å². The van der Waals surface area contributed by atoms with E-state index in [-0.39, 0.29) is 30.5 Å². The van der Waals surface area contributed by atoms with E-state index >= 15 is 0 Å². The fraction of sp³-hybridized carbons (Fsp3) is 0.389. The molecule has 0 atom stereocenters. The number of sulfonamides is 1. The molecule has 7 nitrogen and oxygen atoms in total. The molecule has 1 aromatic heterocycles. The lowest BCUT2D eigenvalue weighted by molar-refractivity contribution is 0.381. The molecule has 0 unspecified atom stereocenters. The summed E-state index contributed by atoms with van der Waals surface area (Å²) in [6.07, 6.45) is 0. The van der Waals surface area contributed by atoms with Gasteiger partial charge in [-0.15, -0.1) is 35.3 Å². The number of thiophene rings is 1. The van der Waals surface area contributed by atoms with E-state index in [2.05, 4.69) is 14.6 Å². The summed E-state index contributed by atoms with van der Waals surface area (Å²) >= 11 is 7.19. The molecular formula is C18H25ClIN5O2S2. The van der Waals surface area contributed by atoms with Gasteiger partial charge in [0.25, 0.3) is 0 Å². The third-order valence-corrected chi connectivity index (χ3v) is 7.66. The van der Waals surface area contributed by atoms with E-state index in [1.165, 1.54) is 11.3 Å². The molecule has 11 heteroatoms. The Morgan fingerprint density at radius 3 is 2.41 bits per heavy atom. The van der Waals surface area contributed by atoms with Gasteiger partial charge in [-0.3, -0.25) is 4.99 Å². The lowest BCUT2D eigenvalue weighted by Gasteiger charge is -2.36. The lowest BCUT2D eigenvalue weighted by atomic mass is 10.2. The Labute approximate surface area is 198 Å². The summed E-state index contributed by atoms with van der Waals surface area (Å²) in [5.74, 6) is 0.446. The first-order valence-corrected chi connectivity index (χ1v) is 11.6. The Bertz CT molecular complexity index is 926. The number of nitrogens with two attached hydrogens (primary N) is 1. The van der Waals surface area contributed by atoms with E-state index in [0.717, 1.165) is 41.8 Å². The van der Waals surface area contributed by atoms with Crippen molar-refractivity contribution in [1.29, 1.82) is 0 Å². The highest BCUT2D eigenvalue weighted by Crippen LogP contribution is 2.20. The Morgan fingerprint density at radius 1 is 1.17 bits per heavy atom. The Morgan fingerprint density at radius 2 is 1.83 bits per heavy atom. The van der Waals surface area contributed by atoms with Crippen LogP contribution in [0.3, 0.4) is 0 Å². The van der Waals surface area contributed by atoms with Crippen molar-refractivity contribution in [2.24, 2.45) is 10.7 Å².